The average Bonchev–Trinajstić information content (AvgIpc) is 2.67. The summed E-state index contributed by atoms with van der Waals surface area (Å²) in [6.45, 7) is 5.25. The molecule has 1 unspecified atom stereocenters. The predicted octanol–water partition coefficient (Wildman–Crippen LogP) is -0.273. The van der Waals surface area contributed by atoms with Crippen LogP contribution in [0.5, 0.6) is 0 Å². The Bertz CT molecular complexity index is 367. The highest BCUT2D eigenvalue weighted by molar-refractivity contribution is 5.85. The molecule has 0 radical (unpaired) electrons. The molecule has 1 atom stereocenters. The van der Waals surface area contributed by atoms with E-state index < -0.39 is 5.97 Å². The topological polar surface area (TPSA) is 72.9 Å². The number of nitrogens with one attached hydrogen (secondary N) is 1. The van der Waals surface area contributed by atoms with Crippen LogP contribution in [-0.4, -0.2) is 65.7 Å². The molecule has 0 spiro atoms. The Morgan fingerprint density at radius 3 is 3.06 bits per heavy atom. The molecule has 0 bridgehead atoms. The Hall–Kier alpha value is -1.56. The maximum absolute atomic E-state index is 11.4. The van der Waals surface area contributed by atoms with E-state index in [-0.39, 0.29) is 12.1 Å². The standard InChI is InChI=1S/C11H17N3O3/c1-8(10(15)16)2-3-13-4-5-14-9(7-13)6-12-11(14)17/h2,9H,3-7H2,1H3,(H,12,17)(H,15,16). The first-order valence-electron chi connectivity index (χ1n) is 5.75. The molecule has 2 N–H and O–H groups in total. The second-order valence-corrected chi connectivity index (χ2v) is 4.49. The number of carbonyl (C=O) groups excluding carboxylic acids is 1. The number of hydrogen-bond acceptors (Lipinski definition) is 3. The van der Waals surface area contributed by atoms with Gasteiger partial charge in [0.05, 0.1) is 6.04 Å². The van der Waals surface area contributed by atoms with Crippen LogP contribution in [0.4, 0.5) is 4.79 Å². The highest BCUT2D eigenvalue weighted by Crippen LogP contribution is 2.14. The number of carboxylic acids is 1. The van der Waals surface area contributed by atoms with Crippen LogP contribution < -0.4 is 5.32 Å². The third-order valence-electron chi connectivity index (χ3n) is 3.31. The largest absolute Gasteiger partial charge is 0.478 e. The van der Waals surface area contributed by atoms with Crippen molar-refractivity contribution in [1.82, 2.24) is 15.1 Å². The van der Waals surface area contributed by atoms with Gasteiger partial charge in [-0.3, -0.25) is 4.90 Å². The van der Waals surface area contributed by atoms with E-state index in [1.807, 2.05) is 4.90 Å². The van der Waals surface area contributed by atoms with Crippen molar-refractivity contribution in [3.8, 4) is 0 Å². The summed E-state index contributed by atoms with van der Waals surface area (Å²) in [5.41, 5.74) is 0.369. The van der Waals surface area contributed by atoms with Crippen LogP contribution in [0.1, 0.15) is 6.92 Å². The van der Waals surface area contributed by atoms with Crippen molar-refractivity contribution in [2.24, 2.45) is 0 Å². The van der Waals surface area contributed by atoms with E-state index in [2.05, 4.69) is 10.2 Å². The van der Waals surface area contributed by atoms with Crippen LogP contribution in [0, 0.1) is 0 Å². The highest BCUT2D eigenvalue weighted by atomic mass is 16.4. The number of hydrogen-bond donors (Lipinski definition) is 2. The van der Waals surface area contributed by atoms with Gasteiger partial charge in [-0.1, -0.05) is 6.08 Å². The third kappa shape index (κ3) is 2.58. The highest BCUT2D eigenvalue weighted by Gasteiger charge is 2.34. The summed E-state index contributed by atoms with van der Waals surface area (Å²) in [6.07, 6.45) is 1.72. The lowest BCUT2D eigenvalue weighted by Gasteiger charge is -2.35. The van der Waals surface area contributed by atoms with Gasteiger partial charge in [-0.2, -0.15) is 0 Å². The number of amides is 2. The van der Waals surface area contributed by atoms with Gasteiger partial charge in [-0.25, -0.2) is 9.59 Å². The van der Waals surface area contributed by atoms with Crippen molar-refractivity contribution < 1.29 is 14.7 Å². The van der Waals surface area contributed by atoms with Gasteiger partial charge in [0.15, 0.2) is 0 Å². The number of fused-ring (bicyclic) bond motifs is 1. The number of carbonyl (C=O) groups is 2. The zero-order valence-electron chi connectivity index (χ0n) is 9.85. The quantitative estimate of drug-likeness (QED) is 0.665. The number of nitrogens with zero attached hydrogens (tertiary/aromatic N) is 2. The number of piperazine rings is 1. The Morgan fingerprint density at radius 1 is 1.59 bits per heavy atom. The summed E-state index contributed by atoms with van der Waals surface area (Å²) in [4.78, 5) is 26.1. The lowest BCUT2D eigenvalue weighted by molar-refractivity contribution is -0.132. The zero-order chi connectivity index (χ0) is 12.4. The molecule has 2 heterocycles. The molecule has 0 aromatic carbocycles. The van der Waals surface area contributed by atoms with Gasteiger partial charge < -0.3 is 15.3 Å². The first kappa shape index (κ1) is 11.9. The number of rotatable bonds is 3. The molecule has 0 saturated carbocycles. The summed E-state index contributed by atoms with van der Waals surface area (Å²) >= 11 is 0. The van der Waals surface area contributed by atoms with E-state index in [0.29, 0.717) is 18.7 Å². The molecule has 2 saturated heterocycles. The van der Waals surface area contributed by atoms with Crippen LogP contribution in [0.25, 0.3) is 0 Å². The van der Waals surface area contributed by atoms with Crippen LogP contribution in [-0.2, 0) is 4.79 Å². The summed E-state index contributed by atoms with van der Waals surface area (Å²) in [7, 11) is 0. The summed E-state index contributed by atoms with van der Waals surface area (Å²) in [5.74, 6) is -0.874. The molecule has 6 nitrogen and oxygen atoms in total. The molecular weight excluding hydrogens is 222 g/mol. The van der Waals surface area contributed by atoms with Crippen molar-refractivity contribution >= 4 is 12.0 Å². The number of urea groups is 1. The maximum atomic E-state index is 11.4. The smallest absolute Gasteiger partial charge is 0.330 e. The van der Waals surface area contributed by atoms with Gasteiger partial charge in [-0.05, 0) is 6.92 Å². The lowest BCUT2D eigenvalue weighted by Crippen LogP contribution is -2.52. The number of aliphatic carboxylic acids is 1. The molecule has 2 amide bonds. The first-order chi connectivity index (χ1) is 8.08. The molecule has 2 aliphatic heterocycles. The molecule has 0 aromatic heterocycles. The van der Waals surface area contributed by atoms with Gasteiger partial charge in [-0.15, -0.1) is 0 Å². The fraction of sp³-hybridized carbons (Fsp3) is 0.636. The van der Waals surface area contributed by atoms with Gasteiger partial charge in [0, 0.05) is 38.3 Å². The van der Waals surface area contributed by atoms with E-state index in [1.165, 1.54) is 0 Å². The molecule has 94 valence electrons. The molecule has 6 heteroatoms. The fourth-order valence-corrected chi connectivity index (χ4v) is 2.19. The fourth-order valence-electron chi connectivity index (χ4n) is 2.19. The first-order valence-corrected chi connectivity index (χ1v) is 5.75. The summed E-state index contributed by atoms with van der Waals surface area (Å²) in [5, 5.41) is 11.6. The monoisotopic (exact) mass is 239 g/mol. The van der Waals surface area contributed by atoms with E-state index in [1.54, 1.807) is 13.0 Å². The Kier molecular flexibility index (Phi) is 3.33. The maximum Gasteiger partial charge on any atom is 0.330 e. The zero-order valence-corrected chi connectivity index (χ0v) is 9.85. The predicted molar refractivity (Wildman–Crippen MR) is 61.7 cm³/mol. The minimum absolute atomic E-state index is 0.0203. The Morgan fingerprint density at radius 2 is 2.35 bits per heavy atom. The second-order valence-electron chi connectivity index (χ2n) is 4.49. The molecule has 2 rings (SSSR count). The van der Waals surface area contributed by atoms with Crippen molar-refractivity contribution in [1.29, 1.82) is 0 Å². The third-order valence-corrected chi connectivity index (χ3v) is 3.31. The SMILES string of the molecule is CC(=CCN1CCN2C(=O)NCC2C1)C(=O)O. The van der Waals surface area contributed by atoms with Gasteiger partial charge in [0.1, 0.15) is 0 Å². The van der Waals surface area contributed by atoms with E-state index in [9.17, 15) is 9.59 Å². The lowest BCUT2D eigenvalue weighted by atomic mass is 10.2. The average molecular weight is 239 g/mol. The normalized spacial score (nSPS) is 25.7. The van der Waals surface area contributed by atoms with Crippen molar-refractivity contribution in [3.05, 3.63) is 11.6 Å². The number of carboxylic acid groups (broad SMARTS) is 1. The van der Waals surface area contributed by atoms with Gasteiger partial charge in [0.25, 0.3) is 0 Å². The van der Waals surface area contributed by atoms with Crippen molar-refractivity contribution in [2.75, 3.05) is 32.7 Å². The van der Waals surface area contributed by atoms with Crippen molar-refractivity contribution in [3.63, 3.8) is 0 Å². The molecule has 0 aromatic rings. The van der Waals surface area contributed by atoms with Crippen LogP contribution >= 0.6 is 0 Å². The Balaban J connectivity index is 1.87. The minimum Gasteiger partial charge on any atom is -0.478 e. The van der Waals surface area contributed by atoms with E-state index in [0.717, 1.165) is 19.6 Å². The van der Waals surface area contributed by atoms with E-state index in [4.69, 9.17) is 5.11 Å². The molecule has 17 heavy (non-hydrogen) atoms. The molecule has 2 fully saturated rings. The summed E-state index contributed by atoms with van der Waals surface area (Å²) in [6, 6.07) is 0.252. The summed E-state index contributed by atoms with van der Waals surface area (Å²) < 4.78 is 0. The van der Waals surface area contributed by atoms with E-state index >= 15 is 0 Å². The minimum atomic E-state index is -0.874. The second kappa shape index (κ2) is 4.75. The van der Waals surface area contributed by atoms with Crippen LogP contribution in [0.15, 0.2) is 11.6 Å². The van der Waals surface area contributed by atoms with Gasteiger partial charge >= 0.3 is 12.0 Å². The van der Waals surface area contributed by atoms with Gasteiger partial charge in [0.2, 0.25) is 0 Å². The molecular formula is C11H17N3O3. The Labute approximate surface area is 99.9 Å². The van der Waals surface area contributed by atoms with Crippen LogP contribution in [0.3, 0.4) is 0 Å². The molecule has 2 aliphatic rings. The van der Waals surface area contributed by atoms with Crippen molar-refractivity contribution in [2.45, 2.75) is 13.0 Å². The van der Waals surface area contributed by atoms with Crippen LogP contribution in [0.2, 0.25) is 0 Å². The molecule has 0 aliphatic carbocycles.